The molecule has 1 rings (SSSR count). The second kappa shape index (κ2) is 3.37. The molecular weight excluding hydrogens is 136 g/mol. The largest absolute Gasteiger partial charge is 0.336 e. The topological polar surface area (TPSA) is 17.3 Å². The molecule has 1 aromatic heterocycles. The van der Waals surface area contributed by atoms with E-state index in [1.807, 2.05) is 24.7 Å². The quantitative estimate of drug-likeness (QED) is 0.573. The molecule has 60 valence electrons. The third-order valence-corrected chi connectivity index (χ3v) is 1.60. The number of aryl methyl sites for hydroxylation is 2. The van der Waals surface area contributed by atoms with Crippen LogP contribution in [-0.4, -0.2) is 11.1 Å². The van der Waals surface area contributed by atoms with Gasteiger partial charge in [-0.3, -0.25) is 4.99 Å². The number of rotatable bonds is 1. The molecule has 0 unspecified atom stereocenters. The molecule has 1 aromatic rings. The van der Waals surface area contributed by atoms with E-state index in [0.717, 1.165) is 12.0 Å². The van der Waals surface area contributed by atoms with Crippen molar-refractivity contribution in [1.82, 2.24) is 4.57 Å². The van der Waals surface area contributed by atoms with Crippen molar-refractivity contribution >= 4 is 0 Å². The summed E-state index contributed by atoms with van der Waals surface area (Å²) in [6.07, 6.45) is 2.03. The van der Waals surface area contributed by atoms with E-state index in [2.05, 4.69) is 24.0 Å². The maximum Gasteiger partial charge on any atom is 0.127 e. The minimum atomic E-state index is 0.845. The normalized spacial score (nSPS) is 12.1. The Labute approximate surface area is 67.2 Å². The van der Waals surface area contributed by atoms with Crippen LogP contribution in [0.25, 0.3) is 0 Å². The van der Waals surface area contributed by atoms with Crippen molar-refractivity contribution in [2.45, 2.75) is 13.8 Å². The molecule has 2 nitrogen and oxygen atoms in total. The van der Waals surface area contributed by atoms with Crippen LogP contribution in [0, 0.1) is 6.92 Å². The Hall–Kier alpha value is -1.05. The molecule has 0 atom stereocenters. The van der Waals surface area contributed by atoms with E-state index in [9.17, 15) is 0 Å². The third-order valence-electron chi connectivity index (χ3n) is 1.60. The Balaban J connectivity index is 3.24. The Morgan fingerprint density at radius 3 is 2.91 bits per heavy atom. The smallest absolute Gasteiger partial charge is 0.127 e. The predicted molar refractivity (Wildman–Crippen MR) is 46.3 cm³/mol. The molecule has 0 N–H and O–H groups in total. The zero-order valence-corrected chi connectivity index (χ0v) is 7.33. The first-order chi connectivity index (χ1) is 5.24. The van der Waals surface area contributed by atoms with Gasteiger partial charge in [0.05, 0.1) is 0 Å². The van der Waals surface area contributed by atoms with Crippen LogP contribution in [0.2, 0.25) is 0 Å². The van der Waals surface area contributed by atoms with Crippen molar-refractivity contribution in [2.75, 3.05) is 6.54 Å². The summed E-state index contributed by atoms with van der Waals surface area (Å²) in [5.41, 5.74) is 2.31. The van der Waals surface area contributed by atoms with Crippen molar-refractivity contribution in [1.29, 1.82) is 0 Å². The van der Waals surface area contributed by atoms with Crippen LogP contribution in [0.15, 0.2) is 23.3 Å². The monoisotopic (exact) mass is 150 g/mol. The van der Waals surface area contributed by atoms with Gasteiger partial charge in [0.15, 0.2) is 0 Å². The lowest BCUT2D eigenvalue weighted by Crippen LogP contribution is -2.17. The Morgan fingerprint density at radius 1 is 1.55 bits per heavy atom. The van der Waals surface area contributed by atoms with E-state index in [4.69, 9.17) is 0 Å². The lowest BCUT2D eigenvalue weighted by atomic mass is 10.3. The first-order valence-electron chi connectivity index (χ1n) is 3.88. The molecule has 0 saturated heterocycles. The summed E-state index contributed by atoms with van der Waals surface area (Å²) in [6.45, 7) is 4.97. The highest BCUT2D eigenvalue weighted by Gasteiger charge is 1.86. The molecule has 0 aliphatic rings. The summed E-state index contributed by atoms with van der Waals surface area (Å²) in [6, 6.07) is 4.16. The lowest BCUT2D eigenvalue weighted by Gasteiger charge is -1.99. The van der Waals surface area contributed by atoms with Crippen molar-refractivity contribution in [3.05, 3.63) is 29.4 Å². The summed E-state index contributed by atoms with van der Waals surface area (Å²) in [7, 11) is 2.01. The molecule has 1 heterocycles. The fraction of sp³-hybridized carbons (Fsp3) is 0.444. The second-order valence-corrected chi connectivity index (χ2v) is 2.65. The maximum atomic E-state index is 4.33. The summed E-state index contributed by atoms with van der Waals surface area (Å²) in [4.78, 5) is 4.33. The molecule has 0 fully saturated rings. The summed E-state index contributed by atoms with van der Waals surface area (Å²) < 4.78 is 2.02. The van der Waals surface area contributed by atoms with E-state index >= 15 is 0 Å². The number of nitrogens with zero attached hydrogens (tertiary/aromatic N) is 2. The van der Waals surface area contributed by atoms with Gasteiger partial charge in [0, 0.05) is 19.8 Å². The van der Waals surface area contributed by atoms with Crippen molar-refractivity contribution in [3.63, 3.8) is 0 Å². The second-order valence-electron chi connectivity index (χ2n) is 2.65. The van der Waals surface area contributed by atoms with Gasteiger partial charge in [-0.15, -0.1) is 0 Å². The molecule has 0 spiro atoms. The highest BCUT2D eigenvalue weighted by molar-refractivity contribution is 5.07. The van der Waals surface area contributed by atoms with Gasteiger partial charge >= 0.3 is 0 Å². The van der Waals surface area contributed by atoms with Crippen LogP contribution in [0.4, 0.5) is 0 Å². The van der Waals surface area contributed by atoms with Crippen LogP contribution >= 0.6 is 0 Å². The molecule has 2 heteroatoms. The summed E-state index contributed by atoms with van der Waals surface area (Å²) in [5, 5.41) is 0. The maximum absolute atomic E-state index is 4.33. The Morgan fingerprint density at radius 2 is 2.27 bits per heavy atom. The highest BCUT2D eigenvalue weighted by atomic mass is 15.0. The standard InChI is InChI=1S/C9H14N2/c1-4-10-9-7-8(2)5-6-11(9)3/h5-7H,4H2,1-3H3/b10-9-. The van der Waals surface area contributed by atoms with Crippen LogP contribution in [-0.2, 0) is 7.05 Å². The predicted octanol–water partition coefficient (Wildman–Crippen LogP) is 1.25. The molecule has 0 aliphatic carbocycles. The molecule has 0 aromatic carbocycles. The van der Waals surface area contributed by atoms with E-state index in [1.54, 1.807) is 0 Å². The Kier molecular flexibility index (Phi) is 2.47. The molecule has 0 bridgehead atoms. The van der Waals surface area contributed by atoms with Gasteiger partial charge in [-0.25, -0.2) is 0 Å². The van der Waals surface area contributed by atoms with Crippen molar-refractivity contribution in [3.8, 4) is 0 Å². The zero-order chi connectivity index (χ0) is 8.27. The van der Waals surface area contributed by atoms with Crippen LogP contribution in [0.3, 0.4) is 0 Å². The molecule has 0 saturated carbocycles. The van der Waals surface area contributed by atoms with Gasteiger partial charge in [-0.05, 0) is 31.5 Å². The molecule has 11 heavy (non-hydrogen) atoms. The SMILES string of the molecule is CC/N=c1/cc(C)ccn1C. The number of hydrogen-bond acceptors (Lipinski definition) is 1. The Bertz CT molecular complexity index is 297. The number of hydrogen-bond donors (Lipinski definition) is 0. The number of pyridine rings is 1. The minimum Gasteiger partial charge on any atom is -0.336 e. The first kappa shape index (κ1) is 8.05. The average molecular weight is 150 g/mol. The third kappa shape index (κ3) is 1.93. The van der Waals surface area contributed by atoms with Gasteiger partial charge in [-0.1, -0.05) is 0 Å². The minimum absolute atomic E-state index is 0.845. The van der Waals surface area contributed by atoms with Gasteiger partial charge in [0.1, 0.15) is 5.49 Å². The average Bonchev–Trinajstić information content (AvgIpc) is 1.98. The molecule has 0 radical (unpaired) electrons. The van der Waals surface area contributed by atoms with Crippen LogP contribution in [0.1, 0.15) is 12.5 Å². The van der Waals surface area contributed by atoms with E-state index in [1.165, 1.54) is 5.56 Å². The van der Waals surface area contributed by atoms with Crippen molar-refractivity contribution < 1.29 is 0 Å². The van der Waals surface area contributed by atoms with E-state index in [-0.39, 0.29) is 0 Å². The van der Waals surface area contributed by atoms with Crippen LogP contribution in [0.5, 0.6) is 0 Å². The molecule has 0 aliphatic heterocycles. The zero-order valence-electron chi connectivity index (χ0n) is 7.33. The van der Waals surface area contributed by atoms with Crippen molar-refractivity contribution in [2.24, 2.45) is 12.0 Å². The van der Waals surface area contributed by atoms with Gasteiger partial charge in [-0.2, -0.15) is 0 Å². The van der Waals surface area contributed by atoms with E-state index in [0.29, 0.717) is 0 Å². The lowest BCUT2D eigenvalue weighted by molar-refractivity contribution is 0.807. The fourth-order valence-corrected chi connectivity index (χ4v) is 0.978. The summed E-state index contributed by atoms with van der Waals surface area (Å²) >= 11 is 0. The molecule has 0 amide bonds. The number of aromatic nitrogens is 1. The summed E-state index contributed by atoms with van der Waals surface area (Å²) in [5.74, 6) is 0. The molecular formula is C9H14N2. The fourth-order valence-electron chi connectivity index (χ4n) is 0.978. The highest BCUT2D eigenvalue weighted by Crippen LogP contribution is 1.88. The van der Waals surface area contributed by atoms with Gasteiger partial charge in [0.25, 0.3) is 0 Å². The van der Waals surface area contributed by atoms with Crippen LogP contribution < -0.4 is 5.49 Å². The van der Waals surface area contributed by atoms with Gasteiger partial charge < -0.3 is 4.57 Å². The first-order valence-corrected chi connectivity index (χ1v) is 3.88. The van der Waals surface area contributed by atoms with Gasteiger partial charge in [0.2, 0.25) is 0 Å². The van der Waals surface area contributed by atoms with E-state index < -0.39 is 0 Å².